The molecular formula is C15H17BrN4. The van der Waals surface area contributed by atoms with Gasteiger partial charge in [0, 0.05) is 31.3 Å². The van der Waals surface area contributed by atoms with Crippen LogP contribution in [0.25, 0.3) is 0 Å². The number of hydrogen-bond donors (Lipinski definition) is 1. The highest BCUT2D eigenvalue weighted by molar-refractivity contribution is 9.10. The van der Waals surface area contributed by atoms with E-state index in [4.69, 9.17) is 4.98 Å². The van der Waals surface area contributed by atoms with Crippen LogP contribution in [0.4, 0.5) is 5.82 Å². The average Bonchev–Trinajstić information content (AvgIpc) is 3.28. The summed E-state index contributed by atoms with van der Waals surface area (Å²) in [5.41, 5.74) is 2.34. The number of nitrogens with zero attached hydrogens (tertiary/aromatic N) is 3. The first kappa shape index (κ1) is 13.5. The van der Waals surface area contributed by atoms with Crippen LogP contribution < -0.4 is 5.32 Å². The quantitative estimate of drug-likeness (QED) is 0.909. The summed E-state index contributed by atoms with van der Waals surface area (Å²) in [5.74, 6) is 2.38. The van der Waals surface area contributed by atoms with Crippen LogP contribution in [0.1, 0.15) is 42.8 Å². The molecule has 0 bridgehead atoms. The molecule has 2 aromatic rings. The maximum absolute atomic E-state index is 4.75. The van der Waals surface area contributed by atoms with Gasteiger partial charge in [0.15, 0.2) is 0 Å². The van der Waals surface area contributed by atoms with E-state index in [1.165, 1.54) is 18.4 Å². The topological polar surface area (TPSA) is 50.7 Å². The van der Waals surface area contributed by atoms with E-state index in [9.17, 15) is 0 Å². The van der Waals surface area contributed by atoms with Gasteiger partial charge in [-0.15, -0.1) is 0 Å². The zero-order chi connectivity index (χ0) is 13.9. The summed E-state index contributed by atoms with van der Waals surface area (Å²) in [6, 6.07) is 4.02. The molecule has 0 aromatic carbocycles. The van der Waals surface area contributed by atoms with Crippen LogP contribution in [0.2, 0.25) is 0 Å². The summed E-state index contributed by atoms with van der Waals surface area (Å²) in [6.45, 7) is 2.93. The third-order valence-electron chi connectivity index (χ3n) is 3.34. The van der Waals surface area contributed by atoms with Crippen LogP contribution >= 0.6 is 15.9 Å². The number of anilines is 1. The van der Waals surface area contributed by atoms with E-state index < -0.39 is 0 Å². The van der Waals surface area contributed by atoms with Gasteiger partial charge in [0.25, 0.3) is 0 Å². The lowest BCUT2D eigenvalue weighted by atomic mass is 10.2. The SMILES string of the molecule is CCNc1nc(Cc2ccncc2)nc(C2CC2)c1Br. The molecule has 1 fully saturated rings. The van der Waals surface area contributed by atoms with Crippen molar-refractivity contribution in [2.24, 2.45) is 0 Å². The van der Waals surface area contributed by atoms with Crippen molar-refractivity contribution in [1.82, 2.24) is 15.0 Å². The van der Waals surface area contributed by atoms with E-state index in [0.717, 1.165) is 34.8 Å². The van der Waals surface area contributed by atoms with E-state index in [0.29, 0.717) is 5.92 Å². The first-order chi connectivity index (χ1) is 9.78. The Morgan fingerprint density at radius 2 is 2.00 bits per heavy atom. The smallest absolute Gasteiger partial charge is 0.144 e. The van der Waals surface area contributed by atoms with Crippen molar-refractivity contribution in [3.05, 3.63) is 46.1 Å². The average molecular weight is 333 g/mol. The predicted molar refractivity (Wildman–Crippen MR) is 82.9 cm³/mol. The molecule has 2 heterocycles. The molecule has 1 N–H and O–H groups in total. The molecule has 1 saturated carbocycles. The van der Waals surface area contributed by atoms with E-state index in [2.05, 4.69) is 38.1 Å². The number of hydrogen-bond acceptors (Lipinski definition) is 4. The lowest BCUT2D eigenvalue weighted by molar-refractivity contribution is 0.887. The Hall–Kier alpha value is -1.49. The normalized spacial score (nSPS) is 14.3. The van der Waals surface area contributed by atoms with Gasteiger partial charge in [-0.25, -0.2) is 9.97 Å². The van der Waals surface area contributed by atoms with Crippen molar-refractivity contribution >= 4 is 21.7 Å². The number of nitrogens with one attached hydrogen (secondary N) is 1. The lowest BCUT2D eigenvalue weighted by Gasteiger charge is -2.12. The third-order valence-corrected chi connectivity index (χ3v) is 4.12. The highest BCUT2D eigenvalue weighted by Gasteiger charge is 2.29. The molecule has 1 aliphatic rings. The number of halogens is 1. The Kier molecular flexibility index (Phi) is 3.96. The van der Waals surface area contributed by atoms with Crippen LogP contribution in [0.15, 0.2) is 29.0 Å². The van der Waals surface area contributed by atoms with Gasteiger partial charge >= 0.3 is 0 Å². The monoisotopic (exact) mass is 332 g/mol. The summed E-state index contributed by atoms with van der Waals surface area (Å²) in [5, 5.41) is 3.31. The minimum Gasteiger partial charge on any atom is -0.369 e. The summed E-state index contributed by atoms with van der Waals surface area (Å²) in [6.07, 6.45) is 6.82. The Morgan fingerprint density at radius 3 is 2.65 bits per heavy atom. The third kappa shape index (κ3) is 2.98. The second-order valence-corrected chi connectivity index (χ2v) is 5.82. The standard InChI is InChI=1S/C15H17BrN4/c1-2-18-15-13(16)14(11-3-4-11)19-12(20-15)9-10-5-7-17-8-6-10/h5-8,11H,2-4,9H2,1H3,(H,18,19,20). The first-order valence-corrected chi connectivity index (χ1v) is 7.76. The highest BCUT2D eigenvalue weighted by atomic mass is 79.9. The van der Waals surface area contributed by atoms with Crippen molar-refractivity contribution in [3.63, 3.8) is 0 Å². The number of pyridine rings is 1. The van der Waals surface area contributed by atoms with Gasteiger partial charge in [-0.2, -0.15) is 0 Å². The van der Waals surface area contributed by atoms with E-state index in [1.807, 2.05) is 12.1 Å². The zero-order valence-corrected chi connectivity index (χ0v) is 13.0. The second kappa shape index (κ2) is 5.87. The Morgan fingerprint density at radius 1 is 1.25 bits per heavy atom. The predicted octanol–water partition coefficient (Wildman–Crippen LogP) is 3.53. The molecule has 5 heteroatoms. The molecule has 0 unspecified atom stereocenters. The van der Waals surface area contributed by atoms with E-state index in [1.54, 1.807) is 12.4 Å². The van der Waals surface area contributed by atoms with Gasteiger partial charge in [-0.05, 0) is 53.4 Å². The van der Waals surface area contributed by atoms with Gasteiger partial charge in [-0.1, -0.05) is 0 Å². The molecule has 20 heavy (non-hydrogen) atoms. The van der Waals surface area contributed by atoms with Crippen molar-refractivity contribution in [2.45, 2.75) is 32.1 Å². The first-order valence-electron chi connectivity index (χ1n) is 6.97. The van der Waals surface area contributed by atoms with Gasteiger partial charge in [0.05, 0.1) is 10.2 Å². The molecule has 0 aliphatic heterocycles. The molecule has 104 valence electrons. The Balaban J connectivity index is 1.93. The van der Waals surface area contributed by atoms with Crippen LogP contribution in [-0.4, -0.2) is 21.5 Å². The van der Waals surface area contributed by atoms with Crippen molar-refractivity contribution in [3.8, 4) is 0 Å². The van der Waals surface area contributed by atoms with Crippen molar-refractivity contribution in [1.29, 1.82) is 0 Å². The van der Waals surface area contributed by atoms with Crippen LogP contribution in [-0.2, 0) is 6.42 Å². The van der Waals surface area contributed by atoms with Gasteiger partial charge in [0.2, 0.25) is 0 Å². The maximum Gasteiger partial charge on any atom is 0.144 e. The molecule has 3 rings (SSSR count). The molecule has 4 nitrogen and oxygen atoms in total. The largest absolute Gasteiger partial charge is 0.369 e. The Labute approximate surface area is 127 Å². The van der Waals surface area contributed by atoms with Gasteiger partial charge < -0.3 is 5.32 Å². The van der Waals surface area contributed by atoms with Crippen LogP contribution in [0.3, 0.4) is 0 Å². The minimum atomic E-state index is 0.598. The van der Waals surface area contributed by atoms with Crippen LogP contribution in [0, 0.1) is 0 Å². The molecule has 0 amide bonds. The number of aromatic nitrogens is 3. The van der Waals surface area contributed by atoms with Crippen LogP contribution in [0.5, 0.6) is 0 Å². The highest BCUT2D eigenvalue weighted by Crippen LogP contribution is 2.43. The fourth-order valence-corrected chi connectivity index (χ4v) is 2.83. The molecule has 0 saturated heterocycles. The van der Waals surface area contributed by atoms with Gasteiger partial charge in [-0.3, -0.25) is 4.98 Å². The molecule has 0 radical (unpaired) electrons. The molecule has 0 atom stereocenters. The summed E-state index contributed by atoms with van der Waals surface area (Å²) in [4.78, 5) is 13.4. The van der Waals surface area contributed by atoms with Crippen molar-refractivity contribution in [2.75, 3.05) is 11.9 Å². The summed E-state index contributed by atoms with van der Waals surface area (Å²) in [7, 11) is 0. The second-order valence-electron chi connectivity index (χ2n) is 5.02. The minimum absolute atomic E-state index is 0.598. The van der Waals surface area contributed by atoms with Crippen molar-refractivity contribution < 1.29 is 0 Å². The van der Waals surface area contributed by atoms with E-state index >= 15 is 0 Å². The molecule has 1 aliphatic carbocycles. The molecule has 0 spiro atoms. The molecular weight excluding hydrogens is 316 g/mol. The maximum atomic E-state index is 4.75. The van der Waals surface area contributed by atoms with Gasteiger partial charge in [0.1, 0.15) is 11.6 Å². The van der Waals surface area contributed by atoms with E-state index in [-0.39, 0.29) is 0 Å². The summed E-state index contributed by atoms with van der Waals surface area (Å²) >= 11 is 3.64. The zero-order valence-electron chi connectivity index (χ0n) is 11.4. The molecule has 2 aromatic heterocycles. The lowest BCUT2D eigenvalue weighted by Crippen LogP contribution is -2.08. The fourth-order valence-electron chi connectivity index (χ4n) is 2.19. The Bertz CT molecular complexity index is 596. The number of rotatable bonds is 5. The fraction of sp³-hybridized carbons (Fsp3) is 0.400. The summed E-state index contributed by atoms with van der Waals surface area (Å²) < 4.78 is 1.03.